The molecule has 36 heavy (non-hydrogen) atoms. The normalized spacial score (nSPS) is 15.9. The van der Waals surface area contributed by atoms with Crippen molar-refractivity contribution in [3.63, 3.8) is 0 Å². The van der Waals surface area contributed by atoms with Crippen molar-refractivity contribution >= 4 is 23.2 Å². The summed E-state index contributed by atoms with van der Waals surface area (Å²) < 4.78 is 22.8. The van der Waals surface area contributed by atoms with E-state index in [0.717, 1.165) is 42.1 Å². The van der Waals surface area contributed by atoms with Gasteiger partial charge in [0.2, 0.25) is 5.91 Å². The van der Waals surface area contributed by atoms with Gasteiger partial charge in [0.05, 0.1) is 24.5 Å². The van der Waals surface area contributed by atoms with E-state index in [0.29, 0.717) is 38.1 Å². The van der Waals surface area contributed by atoms with Gasteiger partial charge in [0.25, 0.3) is 0 Å². The highest BCUT2D eigenvalue weighted by atomic mass is 16.5. The molecule has 0 spiro atoms. The van der Waals surface area contributed by atoms with E-state index >= 15 is 0 Å². The second-order valence-corrected chi connectivity index (χ2v) is 9.48. The summed E-state index contributed by atoms with van der Waals surface area (Å²) in [5, 5.41) is 4.46. The Hall–Kier alpha value is -3.47. The molecule has 1 fully saturated rings. The van der Waals surface area contributed by atoms with Crippen molar-refractivity contribution in [2.75, 3.05) is 57.5 Å². The predicted molar refractivity (Wildman–Crippen MR) is 139 cm³/mol. The molecule has 4 rings (SSSR count). The second-order valence-electron chi connectivity index (χ2n) is 9.48. The number of piperazine rings is 1. The molecule has 3 aromatic rings. The molecule has 2 N–H and O–H groups in total. The minimum atomic E-state index is -1.16. The first-order valence-corrected chi connectivity index (χ1v) is 12.3. The number of fused-ring (bicyclic) bond motifs is 1. The first kappa shape index (κ1) is 23.0. The Bertz CT molecular complexity index is 1260. The number of pyridine rings is 1. The van der Waals surface area contributed by atoms with Crippen LogP contribution in [0.4, 0.5) is 11.6 Å². The number of aromatic nitrogens is 5. The topological polar surface area (TPSA) is 118 Å². The number of hydrogen-bond acceptors (Lipinski definition) is 9. The molecule has 3 aromatic heterocycles. The summed E-state index contributed by atoms with van der Waals surface area (Å²) in [6, 6.07) is 2.14. The maximum Gasteiger partial charge on any atom is 0.336 e. The maximum absolute atomic E-state index is 12.4. The van der Waals surface area contributed by atoms with Crippen LogP contribution in [0.25, 0.3) is 5.65 Å². The molecular formula is C25H37N9O2. The Morgan fingerprint density at radius 3 is 2.69 bits per heavy atom. The molecule has 194 valence electrons. The van der Waals surface area contributed by atoms with Crippen LogP contribution in [0.15, 0.2) is 18.5 Å². The lowest BCUT2D eigenvalue weighted by Crippen LogP contribution is -2.51. The van der Waals surface area contributed by atoms with Crippen molar-refractivity contribution in [1.29, 1.82) is 0 Å². The van der Waals surface area contributed by atoms with E-state index in [1.54, 1.807) is 10.7 Å². The van der Waals surface area contributed by atoms with Gasteiger partial charge in [-0.15, -0.1) is 5.10 Å². The molecule has 0 bridgehead atoms. The monoisotopic (exact) mass is 497 g/mol. The quantitative estimate of drug-likeness (QED) is 0.472. The summed E-state index contributed by atoms with van der Waals surface area (Å²) in [5.41, 5.74) is 9.39. The molecule has 1 atom stereocenters. The van der Waals surface area contributed by atoms with Crippen LogP contribution in [0, 0.1) is 6.92 Å². The number of likely N-dealkylation sites (N-methyl/N-ethyl adjacent to an activating group) is 1. The van der Waals surface area contributed by atoms with E-state index in [1.807, 2.05) is 43.9 Å². The van der Waals surface area contributed by atoms with Gasteiger partial charge >= 0.3 is 6.01 Å². The van der Waals surface area contributed by atoms with Crippen molar-refractivity contribution in [2.45, 2.75) is 46.1 Å². The number of amides is 1. The molecule has 1 saturated heterocycles. The van der Waals surface area contributed by atoms with Gasteiger partial charge in [0, 0.05) is 41.5 Å². The Labute approximate surface area is 215 Å². The molecule has 11 heteroatoms. The van der Waals surface area contributed by atoms with E-state index in [2.05, 4.69) is 26.0 Å². The molecule has 1 unspecified atom stereocenters. The van der Waals surface area contributed by atoms with Gasteiger partial charge in [-0.25, -0.2) is 14.5 Å². The zero-order valence-electron chi connectivity index (χ0n) is 23.5. The van der Waals surface area contributed by atoms with Crippen LogP contribution in [0.3, 0.4) is 0 Å². The SMILES string of the molecule is [2H]C([2H])C(CCC)Oc1nc(N)c2ncc(Cc3cnc(N4CCN(C(=O)CN(C)C)CC4)c(C)c3)n2n1. The Balaban J connectivity index is 1.47. The first-order valence-electron chi connectivity index (χ1n) is 13.5. The van der Waals surface area contributed by atoms with E-state index in [4.69, 9.17) is 18.2 Å². The number of nitrogen functional groups attached to an aromatic ring is 1. The third kappa shape index (κ3) is 5.84. The van der Waals surface area contributed by atoms with Gasteiger partial charge < -0.3 is 25.2 Å². The van der Waals surface area contributed by atoms with Gasteiger partial charge in [-0.1, -0.05) is 19.4 Å². The minimum Gasteiger partial charge on any atom is -0.459 e. The van der Waals surface area contributed by atoms with Crippen molar-refractivity contribution in [3.05, 3.63) is 35.3 Å². The first-order chi connectivity index (χ1) is 18.2. The van der Waals surface area contributed by atoms with Crippen LogP contribution >= 0.6 is 0 Å². The Kier molecular flexibility index (Phi) is 7.06. The number of imidazole rings is 1. The molecule has 1 aliphatic rings. The number of nitrogens with two attached hydrogens (primary N) is 1. The highest BCUT2D eigenvalue weighted by molar-refractivity contribution is 5.78. The molecule has 0 saturated carbocycles. The summed E-state index contributed by atoms with van der Waals surface area (Å²) in [6.45, 7) is 6.14. The number of rotatable bonds is 9. The maximum atomic E-state index is 12.4. The number of carbonyl (C=O) groups excluding carboxylic acids is 1. The van der Waals surface area contributed by atoms with Crippen LogP contribution < -0.4 is 15.4 Å². The summed E-state index contributed by atoms with van der Waals surface area (Å²) in [5.74, 6) is 1.26. The molecular weight excluding hydrogens is 458 g/mol. The molecule has 1 amide bonds. The van der Waals surface area contributed by atoms with Crippen LogP contribution in [0.2, 0.25) is 0 Å². The van der Waals surface area contributed by atoms with E-state index in [-0.39, 0.29) is 17.7 Å². The highest BCUT2D eigenvalue weighted by Gasteiger charge is 2.23. The summed E-state index contributed by atoms with van der Waals surface area (Å²) in [6.07, 6.45) is 4.77. The number of nitrogens with zero attached hydrogens (tertiary/aromatic N) is 8. The van der Waals surface area contributed by atoms with Crippen molar-refractivity contribution < 1.29 is 12.3 Å². The third-order valence-corrected chi connectivity index (χ3v) is 6.15. The Morgan fingerprint density at radius 2 is 2.03 bits per heavy atom. The number of hydrogen-bond donors (Lipinski definition) is 1. The van der Waals surface area contributed by atoms with Gasteiger partial charge in [0.15, 0.2) is 11.5 Å². The lowest BCUT2D eigenvalue weighted by Gasteiger charge is -2.36. The van der Waals surface area contributed by atoms with Crippen LogP contribution in [0.5, 0.6) is 6.01 Å². The molecule has 11 nitrogen and oxygen atoms in total. The molecule has 0 radical (unpaired) electrons. The van der Waals surface area contributed by atoms with Crippen LogP contribution in [-0.4, -0.2) is 93.2 Å². The van der Waals surface area contributed by atoms with Gasteiger partial charge in [0.1, 0.15) is 5.82 Å². The number of aryl methyl sites for hydroxylation is 1. The van der Waals surface area contributed by atoms with E-state index < -0.39 is 13.0 Å². The standard InChI is InChI=1S/C25H37N9O2/c1-6-7-18(3)36-25-29-22(26)24-28-15-20(34(24)30-25)13-19-12-17(2)23(27-14-19)33-10-8-32(9-11-33)21(35)16-31(4)5/h12,14-15,18H,6-11,13,16H2,1-5H3,(H2,26,29,30)/i3D2. The van der Waals surface area contributed by atoms with Gasteiger partial charge in [-0.05, 0) is 45.4 Å². The zero-order valence-corrected chi connectivity index (χ0v) is 21.5. The second kappa shape index (κ2) is 11.1. The summed E-state index contributed by atoms with van der Waals surface area (Å²) in [4.78, 5) is 31.7. The smallest absolute Gasteiger partial charge is 0.336 e. The highest BCUT2D eigenvalue weighted by Crippen LogP contribution is 2.22. The van der Waals surface area contributed by atoms with Gasteiger partial charge in [-0.3, -0.25) is 4.79 Å². The van der Waals surface area contributed by atoms with Crippen LogP contribution in [0.1, 0.15) is 46.2 Å². The fourth-order valence-electron chi connectivity index (χ4n) is 4.38. The zero-order chi connectivity index (χ0) is 27.4. The molecule has 1 aliphatic heterocycles. The number of anilines is 2. The fourth-order valence-corrected chi connectivity index (χ4v) is 4.38. The molecule has 0 aromatic carbocycles. The van der Waals surface area contributed by atoms with Gasteiger partial charge in [-0.2, -0.15) is 4.98 Å². The Morgan fingerprint density at radius 1 is 1.25 bits per heavy atom. The largest absolute Gasteiger partial charge is 0.459 e. The third-order valence-electron chi connectivity index (χ3n) is 6.15. The fraction of sp³-hybridized carbons (Fsp3) is 0.560. The number of carbonyl (C=O) groups is 1. The lowest BCUT2D eigenvalue weighted by molar-refractivity contribution is -0.132. The average Bonchev–Trinajstić information content (AvgIpc) is 3.26. The van der Waals surface area contributed by atoms with Crippen molar-refractivity contribution in [2.24, 2.45) is 0 Å². The summed E-state index contributed by atoms with van der Waals surface area (Å²) >= 11 is 0. The van der Waals surface area contributed by atoms with E-state index in [9.17, 15) is 4.79 Å². The minimum absolute atomic E-state index is 0.0325. The van der Waals surface area contributed by atoms with Crippen LogP contribution in [-0.2, 0) is 11.2 Å². The summed E-state index contributed by atoms with van der Waals surface area (Å²) in [7, 11) is 3.81. The van der Waals surface area contributed by atoms with Crippen molar-refractivity contribution in [1.82, 2.24) is 34.4 Å². The van der Waals surface area contributed by atoms with E-state index in [1.165, 1.54) is 0 Å². The van der Waals surface area contributed by atoms with Crippen molar-refractivity contribution in [3.8, 4) is 6.01 Å². The molecule has 0 aliphatic carbocycles. The molecule has 4 heterocycles. The lowest BCUT2D eigenvalue weighted by atomic mass is 10.1. The predicted octanol–water partition coefficient (Wildman–Crippen LogP) is 1.78. The average molecular weight is 498 g/mol. The number of ether oxygens (including phenoxy) is 1.